The van der Waals surface area contributed by atoms with Crippen molar-refractivity contribution >= 4 is 0 Å². The second-order valence-electron chi connectivity index (χ2n) is 2.02. The Labute approximate surface area is 48.8 Å². The molecule has 0 saturated heterocycles. The van der Waals surface area contributed by atoms with Gasteiger partial charge < -0.3 is 0 Å². The van der Waals surface area contributed by atoms with Crippen LogP contribution in [0.2, 0.25) is 0 Å². The Morgan fingerprint density at radius 1 is 1.75 bits per heavy atom. The maximum Gasteiger partial charge on any atom is 0.174 e. The summed E-state index contributed by atoms with van der Waals surface area (Å²) in [6.07, 6.45) is 0.874. The van der Waals surface area contributed by atoms with Crippen LogP contribution in [0.1, 0.15) is 13.3 Å². The normalized spacial score (nSPS) is 17.4. The van der Waals surface area contributed by atoms with E-state index in [0.29, 0.717) is 6.54 Å². The van der Waals surface area contributed by atoms with E-state index in [1.807, 2.05) is 6.92 Å². The third-order valence-electron chi connectivity index (χ3n) is 0.863. The van der Waals surface area contributed by atoms with Gasteiger partial charge in [-0.2, -0.15) is 5.84 Å². The molecule has 0 saturated carbocycles. The van der Waals surface area contributed by atoms with Gasteiger partial charge in [0.1, 0.15) is 13.6 Å². The Bertz CT molecular complexity index is 81.4. The van der Waals surface area contributed by atoms with E-state index in [4.69, 9.17) is 5.84 Å². The summed E-state index contributed by atoms with van der Waals surface area (Å²) in [5.74, 6) is 5.28. The maximum absolute atomic E-state index is 9.81. The van der Waals surface area contributed by atoms with Crippen molar-refractivity contribution in [2.24, 2.45) is 11.1 Å². The Morgan fingerprint density at radius 2 is 2.25 bits per heavy atom. The van der Waals surface area contributed by atoms with Crippen LogP contribution in [0.4, 0.5) is 0 Å². The molecule has 48 valence electrons. The van der Waals surface area contributed by atoms with Crippen molar-refractivity contribution in [2.75, 3.05) is 13.6 Å². The summed E-state index contributed by atoms with van der Waals surface area (Å²) in [5.41, 5.74) is 0. The molecule has 0 bridgehead atoms. The molecule has 0 aliphatic heterocycles. The van der Waals surface area contributed by atoms with Crippen LogP contribution in [0.5, 0.6) is 0 Å². The van der Waals surface area contributed by atoms with E-state index in [9.17, 15) is 4.91 Å². The zero-order chi connectivity index (χ0) is 6.62. The predicted octanol–water partition coefficient (Wildman–Crippen LogP) is 0.398. The molecular formula is C4H12N3O+. The molecule has 0 rings (SSSR count). The van der Waals surface area contributed by atoms with E-state index < -0.39 is 0 Å². The molecule has 8 heavy (non-hydrogen) atoms. The molecule has 0 amide bonds. The largest absolute Gasteiger partial charge is 0.174 e. The lowest BCUT2D eigenvalue weighted by atomic mass is 10.5. The highest BCUT2D eigenvalue weighted by Crippen LogP contribution is 1.92. The van der Waals surface area contributed by atoms with Gasteiger partial charge in [-0.05, 0) is 6.42 Å². The van der Waals surface area contributed by atoms with Gasteiger partial charge in [0.05, 0.1) is 0 Å². The number of rotatable bonds is 3. The molecule has 4 heteroatoms. The van der Waals surface area contributed by atoms with E-state index >= 15 is 0 Å². The van der Waals surface area contributed by atoms with Crippen LogP contribution in [0.15, 0.2) is 5.29 Å². The quantitative estimate of drug-likeness (QED) is 0.252. The van der Waals surface area contributed by atoms with Crippen molar-refractivity contribution in [3.8, 4) is 0 Å². The van der Waals surface area contributed by atoms with Crippen LogP contribution in [0.3, 0.4) is 0 Å². The van der Waals surface area contributed by atoms with E-state index in [1.165, 1.54) is 0 Å². The lowest BCUT2D eigenvalue weighted by Crippen LogP contribution is -2.45. The minimum Gasteiger partial charge on any atom is -0.151 e. The van der Waals surface area contributed by atoms with Crippen molar-refractivity contribution in [2.45, 2.75) is 13.3 Å². The zero-order valence-corrected chi connectivity index (χ0v) is 5.29. The lowest BCUT2D eigenvalue weighted by Gasteiger charge is -2.13. The third-order valence-corrected chi connectivity index (χ3v) is 0.863. The minimum absolute atomic E-state index is 0.267. The second kappa shape index (κ2) is 2.74. The molecule has 0 radical (unpaired) electrons. The molecule has 0 aliphatic rings. The number of nitrogens with two attached hydrogens (primary N) is 1. The summed E-state index contributed by atoms with van der Waals surface area (Å²) in [7, 11) is 1.57. The Hall–Kier alpha value is -0.480. The first kappa shape index (κ1) is 7.52. The molecule has 0 fully saturated rings. The molecule has 0 aliphatic carbocycles. The highest BCUT2D eigenvalue weighted by atomic mass is 16.3. The van der Waals surface area contributed by atoms with Gasteiger partial charge in [0, 0.05) is 0 Å². The van der Waals surface area contributed by atoms with E-state index in [0.717, 1.165) is 6.42 Å². The van der Waals surface area contributed by atoms with Crippen LogP contribution >= 0.6 is 0 Å². The van der Waals surface area contributed by atoms with E-state index in [1.54, 1.807) is 7.05 Å². The average molecular weight is 118 g/mol. The van der Waals surface area contributed by atoms with Crippen LogP contribution in [0, 0.1) is 4.91 Å². The maximum atomic E-state index is 9.81. The van der Waals surface area contributed by atoms with Gasteiger partial charge in [0.15, 0.2) is 5.29 Å². The summed E-state index contributed by atoms with van der Waals surface area (Å²) in [6.45, 7) is 2.55. The third kappa shape index (κ3) is 2.65. The fourth-order valence-electron chi connectivity index (χ4n) is 0.494. The predicted molar refractivity (Wildman–Crippen MR) is 31.3 cm³/mol. The Kier molecular flexibility index (Phi) is 2.57. The van der Waals surface area contributed by atoms with Crippen LogP contribution in [-0.4, -0.2) is 18.3 Å². The molecule has 0 aromatic rings. The number of nitrogens with zero attached hydrogens (tertiary/aromatic N) is 2. The zero-order valence-electron chi connectivity index (χ0n) is 5.29. The van der Waals surface area contributed by atoms with E-state index in [2.05, 4.69) is 5.29 Å². The van der Waals surface area contributed by atoms with Crippen molar-refractivity contribution in [1.82, 2.24) is 0 Å². The molecule has 4 nitrogen and oxygen atoms in total. The first-order valence-electron chi connectivity index (χ1n) is 2.61. The van der Waals surface area contributed by atoms with Gasteiger partial charge in [0.2, 0.25) is 0 Å². The van der Waals surface area contributed by atoms with Gasteiger partial charge in [-0.25, -0.2) is 0 Å². The number of nitroso groups, excluding NO2 is 1. The van der Waals surface area contributed by atoms with Crippen molar-refractivity contribution in [3.63, 3.8) is 0 Å². The summed E-state index contributed by atoms with van der Waals surface area (Å²) in [4.78, 5) is 9.81. The molecule has 1 unspecified atom stereocenters. The summed E-state index contributed by atoms with van der Waals surface area (Å²) in [6, 6.07) is 0. The first-order valence-corrected chi connectivity index (χ1v) is 2.61. The SMILES string of the molecule is CCC[N+](C)(N)N=O. The topological polar surface area (TPSA) is 55.4 Å². The highest BCUT2D eigenvalue weighted by Gasteiger charge is 2.13. The van der Waals surface area contributed by atoms with E-state index in [-0.39, 0.29) is 4.70 Å². The smallest absolute Gasteiger partial charge is 0.151 e. The van der Waals surface area contributed by atoms with Gasteiger partial charge in [-0.1, -0.05) is 16.5 Å². The fraction of sp³-hybridized carbons (Fsp3) is 1.00. The Morgan fingerprint density at radius 3 is 2.38 bits per heavy atom. The molecule has 0 aromatic carbocycles. The number of hydrogen-bond acceptors (Lipinski definition) is 3. The summed E-state index contributed by atoms with van der Waals surface area (Å²) < 4.78 is -0.267. The summed E-state index contributed by atoms with van der Waals surface area (Å²) >= 11 is 0. The fourth-order valence-corrected chi connectivity index (χ4v) is 0.494. The molecule has 0 heterocycles. The highest BCUT2D eigenvalue weighted by molar-refractivity contribution is 4.20. The van der Waals surface area contributed by atoms with Crippen molar-refractivity contribution in [3.05, 3.63) is 4.91 Å². The van der Waals surface area contributed by atoms with Crippen molar-refractivity contribution in [1.29, 1.82) is 0 Å². The Balaban J connectivity index is 3.53. The van der Waals surface area contributed by atoms with Gasteiger partial charge in [-0.15, -0.1) is 0 Å². The standard InChI is InChI=1S/C4H12N3O/c1-3-4-7(2,5)6-8/h3-5H2,1-2H3/q+1. The molecule has 0 aromatic heterocycles. The lowest BCUT2D eigenvalue weighted by molar-refractivity contribution is -0.929. The van der Waals surface area contributed by atoms with Crippen LogP contribution in [0.25, 0.3) is 0 Å². The van der Waals surface area contributed by atoms with Crippen LogP contribution in [-0.2, 0) is 0 Å². The second-order valence-corrected chi connectivity index (χ2v) is 2.02. The molecular weight excluding hydrogens is 106 g/mol. The van der Waals surface area contributed by atoms with Gasteiger partial charge in [-0.3, -0.25) is 0 Å². The average Bonchev–Trinajstić information content (AvgIpc) is 1.67. The van der Waals surface area contributed by atoms with Crippen LogP contribution < -0.4 is 5.84 Å². The van der Waals surface area contributed by atoms with Gasteiger partial charge in [0.25, 0.3) is 0 Å². The van der Waals surface area contributed by atoms with Crippen molar-refractivity contribution < 1.29 is 4.70 Å². The number of quaternary nitrogens is 1. The number of hydrogen-bond donors (Lipinski definition) is 1. The molecule has 1 atom stereocenters. The monoisotopic (exact) mass is 118 g/mol. The summed E-state index contributed by atoms with van der Waals surface area (Å²) in [5, 5.41) is 2.68. The van der Waals surface area contributed by atoms with Gasteiger partial charge >= 0.3 is 0 Å². The first-order chi connectivity index (χ1) is 3.62. The molecule has 0 spiro atoms. The molecule has 2 N–H and O–H groups in total. The minimum atomic E-state index is -0.267.